The Bertz CT molecular complexity index is 529. The van der Waals surface area contributed by atoms with Crippen LogP contribution >= 0.6 is 0 Å². The van der Waals surface area contributed by atoms with Gasteiger partial charge in [0.2, 0.25) is 11.8 Å². The fourth-order valence-electron chi connectivity index (χ4n) is 6.12. The van der Waals surface area contributed by atoms with E-state index in [9.17, 15) is 9.59 Å². The maximum absolute atomic E-state index is 12.9. The molecule has 146 valence electrons. The molecule has 4 fully saturated rings. The first kappa shape index (κ1) is 18.3. The lowest BCUT2D eigenvalue weighted by Gasteiger charge is -2.45. The Morgan fingerprint density at radius 1 is 1.08 bits per heavy atom. The first-order valence-corrected chi connectivity index (χ1v) is 10.9. The van der Waals surface area contributed by atoms with Gasteiger partial charge in [0.1, 0.15) is 0 Å². The van der Waals surface area contributed by atoms with Crippen LogP contribution in [-0.4, -0.2) is 41.4 Å². The van der Waals surface area contributed by atoms with Gasteiger partial charge >= 0.3 is 0 Å². The highest BCUT2D eigenvalue weighted by molar-refractivity contribution is 5.89. The summed E-state index contributed by atoms with van der Waals surface area (Å²) < 4.78 is 0. The van der Waals surface area contributed by atoms with E-state index in [1.54, 1.807) is 0 Å². The molecule has 1 aliphatic heterocycles. The van der Waals surface area contributed by atoms with Crippen LogP contribution in [0.25, 0.3) is 0 Å². The fraction of sp³-hybridized carbons (Fsp3) is 0.905. The van der Waals surface area contributed by atoms with Gasteiger partial charge in [0, 0.05) is 31.1 Å². The molecule has 1 saturated heterocycles. The van der Waals surface area contributed by atoms with E-state index in [-0.39, 0.29) is 23.8 Å². The zero-order valence-corrected chi connectivity index (χ0v) is 16.2. The van der Waals surface area contributed by atoms with Crippen molar-refractivity contribution in [3.05, 3.63) is 0 Å². The van der Waals surface area contributed by atoms with Gasteiger partial charge in [0.25, 0.3) is 0 Å². The van der Waals surface area contributed by atoms with Crippen molar-refractivity contribution < 1.29 is 9.59 Å². The summed E-state index contributed by atoms with van der Waals surface area (Å²) in [6.07, 6.45) is 10.7. The number of fused-ring (bicyclic) bond motifs is 2. The van der Waals surface area contributed by atoms with E-state index >= 15 is 0 Å². The van der Waals surface area contributed by atoms with Crippen molar-refractivity contribution in [2.45, 2.75) is 89.3 Å². The Hall–Kier alpha value is -1.10. The Kier molecular flexibility index (Phi) is 5.27. The molecule has 26 heavy (non-hydrogen) atoms. The summed E-state index contributed by atoms with van der Waals surface area (Å²) in [4.78, 5) is 27.5. The zero-order chi connectivity index (χ0) is 18.3. The SMILES string of the molecule is CC1CCC(N2CC(C(=O)NC3C4CCCC3CC(N)C4)CC2=O)CC1. The molecule has 0 aromatic heterocycles. The lowest BCUT2D eigenvalue weighted by molar-refractivity contribution is -0.131. The molecular weight excluding hydrogens is 326 g/mol. The van der Waals surface area contributed by atoms with E-state index in [1.807, 2.05) is 4.90 Å². The third-order valence-corrected chi connectivity index (χ3v) is 7.64. The average Bonchev–Trinajstić information content (AvgIpc) is 2.98. The molecule has 3 atom stereocenters. The largest absolute Gasteiger partial charge is 0.353 e. The average molecular weight is 362 g/mol. The molecule has 3 unspecified atom stereocenters. The van der Waals surface area contributed by atoms with Crippen molar-refractivity contribution in [2.24, 2.45) is 29.4 Å². The molecule has 0 aromatic rings. The van der Waals surface area contributed by atoms with Crippen LogP contribution in [0.5, 0.6) is 0 Å². The Labute approximate surface area is 157 Å². The second-order valence-electron chi connectivity index (χ2n) is 9.58. The van der Waals surface area contributed by atoms with Crippen LogP contribution in [0.3, 0.4) is 0 Å². The molecule has 5 nitrogen and oxygen atoms in total. The summed E-state index contributed by atoms with van der Waals surface area (Å²) in [5, 5.41) is 3.36. The first-order chi connectivity index (χ1) is 12.5. The predicted octanol–water partition coefficient (Wildman–Crippen LogP) is 2.44. The number of hydrogen-bond acceptors (Lipinski definition) is 3. The summed E-state index contributed by atoms with van der Waals surface area (Å²) in [6, 6.07) is 0.954. The Morgan fingerprint density at radius 2 is 1.73 bits per heavy atom. The van der Waals surface area contributed by atoms with E-state index in [2.05, 4.69) is 12.2 Å². The fourth-order valence-corrected chi connectivity index (χ4v) is 6.12. The normalized spacial score (nSPS) is 43.4. The molecule has 0 aromatic carbocycles. The van der Waals surface area contributed by atoms with Gasteiger partial charge in [-0.3, -0.25) is 9.59 Å². The third kappa shape index (κ3) is 3.64. The van der Waals surface area contributed by atoms with E-state index in [1.165, 1.54) is 32.1 Å². The first-order valence-electron chi connectivity index (χ1n) is 10.9. The zero-order valence-electron chi connectivity index (χ0n) is 16.2. The van der Waals surface area contributed by atoms with Crippen molar-refractivity contribution in [2.75, 3.05) is 6.54 Å². The van der Waals surface area contributed by atoms with Crippen molar-refractivity contribution in [1.82, 2.24) is 10.2 Å². The number of nitrogens with two attached hydrogens (primary N) is 1. The summed E-state index contributed by atoms with van der Waals surface area (Å²) in [5.41, 5.74) is 6.20. The predicted molar refractivity (Wildman–Crippen MR) is 101 cm³/mol. The van der Waals surface area contributed by atoms with Crippen LogP contribution in [0.2, 0.25) is 0 Å². The summed E-state index contributed by atoms with van der Waals surface area (Å²) in [6.45, 7) is 2.93. The second kappa shape index (κ2) is 7.49. The van der Waals surface area contributed by atoms with E-state index in [0.29, 0.717) is 36.9 Å². The van der Waals surface area contributed by atoms with Gasteiger partial charge < -0.3 is 16.0 Å². The maximum Gasteiger partial charge on any atom is 0.225 e. The van der Waals surface area contributed by atoms with Crippen molar-refractivity contribution >= 4 is 11.8 Å². The number of carbonyl (C=O) groups excluding carboxylic acids is 2. The van der Waals surface area contributed by atoms with Crippen LogP contribution in [0.4, 0.5) is 0 Å². The maximum atomic E-state index is 12.9. The second-order valence-corrected chi connectivity index (χ2v) is 9.58. The molecule has 1 heterocycles. The molecule has 2 amide bonds. The Balaban J connectivity index is 1.35. The van der Waals surface area contributed by atoms with Gasteiger partial charge in [-0.2, -0.15) is 0 Å². The number of amides is 2. The standard InChI is InChI=1S/C21H35N3O2/c1-13-5-7-18(8-6-13)24-12-16(11-19(24)25)21(26)23-20-14-3-2-4-15(20)10-17(22)9-14/h13-18,20H,2-12,22H2,1H3,(H,23,26). The van der Waals surface area contributed by atoms with E-state index in [4.69, 9.17) is 5.73 Å². The highest BCUT2D eigenvalue weighted by Crippen LogP contribution is 2.40. The molecule has 0 spiro atoms. The lowest BCUT2D eigenvalue weighted by atomic mass is 9.67. The smallest absolute Gasteiger partial charge is 0.225 e. The van der Waals surface area contributed by atoms with Gasteiger partial charge in [-0.15, -0.1) is 0 Å². The molecule has 5 heteroatoms. The Morgan fingerprint density at radius 3 is 2.38 bits per heavy atom. The number of nitrogens with one attached hydrogen (secondary N) is 1. The minimum absolute atomic E-state index is 0.113. The van der Waals surface area contributed by atoms with E-state index < -0.39 is 0 Å². The third-order valence-electron chi connectivity index (χ3n) is 7.64. The topological polar surface area (TPSA) is 75.4 Å². The molecule has 4 rings (SSSR count). The van der Waals surface area contributed by atoms with Crippen LogP contribution in [0, 0.1) is 23.7 Å². The van der Waals surface area contributed by atoms with Gasteiger partial charge in [0.15, 0.2) is 0 Å². The van der Waals surface area contributed by atoms with E-state index in [0.717, 1.165) is 31.6 Å². The quantitative estimate of drug-likeness (QED) is 0.811. The number of nitrogens with zero attached hydrogens (tertiary/aromatic N) is 1. The molecule has 3 N–H and O–H groups in total. The highest BCUT2D eigenvalue weighted by Gasteiger charge is 2.43. The molecule has 3 aliphatic carbocycles. The minimum atomic E-state index is -0.154. The monoisotopic (exact) mass is 361 g/mol. The number of likely N-dealkylation sites (tertiary alicyclic amines) is 1. The van der Waals surface area contributed by atoms with Gasteiger partial charge in [0.05, 0.1) is 5.92 Å². The molecule has 2 bridgehead atoms. The van der Waals surface area contributed by atoms with Crippen LogP contribution < -0.4 is 11.1 Å². The van der Waals surface area contributed by atoms with Crippen molar-refractivity contribution in [3.8, 4) is 0 Å². The van der Waals surface area contributed by atoms with Crippen LogP contribution in [0.15, 0.2) is 0 Å². The summed E-state index contributed by atoms with van der Waals surface area (Å²) in [5.74, 6) is 2.00. The summed E-state index contributed by atoms with van der Waals surface area (Å²) in [7, 11) is 0. The molecular formula is C21H35N3O2. The number of carbonyl (C=O) groups is 2. The minimum Gasteiger partial charge on any atom is -0.353 e. The van der Waals surface area contributed by atoms with Crippen molar-refractivity contribution in [1.29, 1.82) is 0 Å². The van der Waals surface area contributed by atoms with Gasteiger partial charge in [-0.1, -0.05) is 13.3 Å². The summed E-state index contributed by atoms with van der Waals surface area (Å²) >= 11 is 0. The molecule has 3 saturated carbocycles. The van der Waals surface area contributed by atoms with Gasteiger partial charge in [-0.25, -0.2) is 0 Å². The lowest BCUT2D eigenvalue weighted by Crippen LogP contribution is -2.55. The molecule has 0 radical (unpaired) electrons. The van der Waals surface area contributed by atoms with Crippen LogP contribution in [0.1, 0.15) is 71.1 Å². The highest BCUT2D eigenvalue weighted by atomic mass is 16.2. The number of rotatable bonds is 3. The van der Waals surface area contributed by atoms with Crippen molar-refractivity contribution in [3.63, 3.8) is 0 Å². The number of hydrogen-bond donors (Lipinski definition) is 2. The molecule has 4 aliphatic rings. The van der Waals surface area contributed by atoms with Crippen LogP contribution in [-0.2, 0) is 9.59 Å². The van der Waals surface area contributed by atoms with Gasteiger partial charge in [-0.05, 0) is 69.1 Å².